The summed E-state index contributed by atoms with van der Waals surface area (Å²) in [5, 5.41) is 0. The molecule has 0 aliphatic heterocycles. The van der Waals surface area contributed by atoms with Crippen LogP contribution in [0.25, 0.3) is 6.08 Å². The zero-order valence-electron chi connectivity index (χ0n) is 10.2. The number of hydrogen-bond donors (Lipinski definition) is 0. The van der Waals surface area contributed by atoms with E-state index in [0.29, 0.717) is 0 Å². The number of Topliss-reactive ketones (excluding diaryl/α,β-unsaturated/α-hetero) is 1. The summed E-state index contributed by atoms with van der Waals surface area (Å²) in [6.45, 7) is 0. The van der Waals surface area contributed by atoms with Crippen molar-refractivity contribution in [2.45, 2.75) is 19.3 Å². The Labute approximate surface area is 105 Å². The van der Waals surface area contributed by atoms with Gasteiger partial charge in [0.05, 0.1) is 18.9 Å². The lowest BCUT2D eigenvalue weighted by atomic mass is 9.85. The van der Waals surface area contributed by atoms with Crippen LogP contribution in [0.5, 0.6) is 0 Å². The number of ether oxygens (including phenoxy) is 1. The minimum Gasteiger partial charge on any atom is -0.469 e. The molecule has 1 aromatic carbocycles. The summed E-state index contributed by atoms with van der Waals surface area (Å²) in [7, 11) is 1.37. The van der Waals surface area contributed by atoms with Gasteiger partial charge in [-0.1, -0.05) is 24.3 Å². The van der Waals surface area contributed by atoms with E-state index in [1.807, 2.05) is 30.4 Å². The second-order valence-corrected chi connectivity index (χ2v) is 4.99. The van der Waals surface area contributed by atoms with E-state index in [-0.39, 0.29) is 23.6 Å². The highest BCUT2D eigenvalue weighted by Gasteiger charge is 2.49. The number of hydrogen-bond acceptors (Lipinski definition) is 3. The molecule has 3 rings (SSSR count). The standard InChI is InChI=1S/C15H14O3/c1-18-13(16)9-10-2-3-11-4-5-15(6-7-15)14(17)12(11)8-10/h2-5,8H,6-7,9H2,1H3. The number of fused-ring (bicyclic) bond motifs is 1. The maximum atomic E-state index is 12.3. The van der Waals surface area contributed by atoms with Gasteiger partial charge in [-0.3, -0.25) is 9.59 Å². The van der Waals surface area contributed by atoms with Crippen molar-refractivity contribution in [2.24, 2.45) is 5.41 Å². The maximum absolute atomic E-state index is 12.3. The second-order valence-electron chi connectivity index (χ2n) is 4.99. The summed E-state index contributed by atoms with van der Waals surface area (Å²) in [6, 6.07) is 5.60. The highest BCUT2D eigenvalue weighted by Crippen LogP contribution is 2.52. The van der Waals surface area contributed by atoms with Crippen LogP contribution in [-0.2, 0) is 16.0 Å². The van der Waals surface area contributed by atoms with E-state index in [1.54, 1.807) is 0 Å². The van der Waals surface area contributed by atoms with Gasteiger partial charge in [0.2, 0.25) is 0 Å². The van der Waals surface area contributed by atoms with E-state index < -0.39 is 0 Å². The predicted molar refractivity (Wildman–Crippen MR) is 67.2 cm³/mol. The average molecular weight is 242 g/mol. The molecule has 0 heterocycles. The summed E-state index contributed by atoms with van der Waals surface area (Å²) in [5.74, 6) is -0.0819. The number of carbonyl (C=O) groups is 2. The Morgan fingerprint density at radius 1 is 1.39 bits per heavy atom. The lowest BCUT2D eigenvalue weighted by molar-refractivity contribution is -0.139. The molecule has 3 heteroatoms. The fourth-order valence-electron chi connectivity index (χ4n) is 2.42. The third-order valence-corrected chi connectivity index (χ3v) is 3.76. The van der Waals surface area contributed by atoms with Crippen LogP contribution in [0, 0.1) is 5.41 Å². The Hall–Kier alpha value is -1.90. The first-order valence-corrected chi connectivity index (χ1v) is 6.08. The van der Waals surface area contributed by atoms with Gasteiger partial charge in [-0.25, -0.2) is 0 Å². The highest BCUT2D eigenvalue weighted by molar-refractivity contribution is 6.08. The molecule has 0 N–H and O–H groups in total. The third-order valence-electron chi connectivity index (χ3n) is 3.76. The largest absolute Gasteiger partial charge is 0.469 e. The second kappa shape index (κ2) is 3.80. The maximum Gasteiger partial charge on any atom is 0.309 e. The number of rotatable bonds is 2. The number of ketones is 1. The zero-order chi connectivity index (χ0) is 12.8. The minimum absolute atomic E-state index is 0.201. The molecule has 1 aromatic rings. The van der Waals surface area contributed by atoms with Gasteiger partial charge >= 0.3 is 5.97 Å². The van der Waals surface area contributed by atoms with Crippen molar-refractivity contribution in [3.63, 3.8) is 0 Å². The van der Waals surface area contributed by atoms with Crippen molar-refractivity contribution in [1.82, 2.24) is 0 Å². The van der Waals surface area contributed by atoms with Crippen LogP contribution in [0.15, 0.2) is 24.3 Å². The van der Waals surface area contributed by atoms with Gasteiger partial charge in [0.25, 0.3) is 0 Å². The fraction of sp³-hybridized carbons (Fsp3) is 0.333. The molecule has 1 saturated carbocycles. The minimum atomic E-state index is -0.283. The molecule has 92 valence electrons. The van der Waals surface area contributed by atoms with Crippen LogP contribution in [0.2, 0.25) is 0 Å². The first kappa shape index (κ1) is 11.2. The Balaban J connectivity index is 1.95. The molecular weight excluding hydrogens is 228 g/mol. The van der Waals surface area contributed by atoms with Crippen molar-refractivity contribution in [2.75, 3.05) is 7.11 Å². The first-order valence-electron chi connectivity index (χ1n) is 6.08. The van der Waals surface area contributed by atoms with Crippen LogP contribution in [0.4, 0.5) is 0 Å². The number of carbonyl (C=O) groups excluding carboxylic acids is 2. The number of methoxy groups -OCH3 is 1. The van der Waals surface area contributed by atoms with E-state index in [4.69, 9.17) is 0 Å². The molecule has 0 unspecified atom stereocenters. The van der Waals surface area contributed by atoms with E-state index in [9.17, 15) is 9.59 Å². The number of allylic oxidation sites excluding steroid dienone is 1. The molecule has 0 amide bonds. The van der Waals surface area contributed by atoms with Gasteiger partial charge in [-0.05, 0) is 30.0 Å². The molecule has 2 aliphatic carbocycles. The van der Waals surface area contributed by atoms with E-state index in [2.05, 4.69) is 4.74 Å². The van der Waals surface area contributed by atoms with Gasteiger partial charge < -0.3 is 4.74 Å². The van der Waals surface area contributed by atoms with Gasteiger partial charge in [0, 0.05) is 5.56 Å². The normalized spacial score (nSPS) is 18.6. The topological polar surface area (TPSA) is 43.4 Å². The summed E-state index contributed by atoms with van der Waals surface area (Å²) in [6.07, 6.45) is 6.16. The smallest absolute Gasteiger partial charge is 0.309 e. The van der Waals surface area contributed by atoms with Crippen LogP contribution < -0.4 is 0 Å². The van der Waals surface area contributed by atoms with Gasteiger partial charge in [-0.2, -0.15) is 0 Å². The van der Waals surface area contributed by atoms with Crippen LogP contribution >= 0.6 is 0 Å². The lowest BCUT2D eigenvalue weighted by Gasteiger charge is -2.17. The van der Waals surface area contributed by atoms with Crippen molar-refractivity contribution < 1.29 is 14.3 Å². The molecule has 0 radical (unpaired) electrons. The quantitative estimate of drug-likeness (QED) is 0.748. The Bertz CT molecular complexity index is 565. The van der Waals surface area contributed by atoms with Crippen LogP contribution in [-0.4, -0.2) is 18.9 Å². The molecular formula is C15H14O3. The first-order chi connectivity index (χ1) is 8.64. The van der Waals surface area contributed by atoms with Gasteiger partial charge in [-0.15, -0.1) is 0 Å². The zero-order valence-corrected chi connectivity index (χ0v) is 10.2. The van der Waals surface area contributed by atoms with Crippen molar-refractivity contribution in [3.05, 3.63) is 41.0 Å². The van der Waals surface area contributed by atoms with Gasteiger partial charge in [0.1, 0.15) is 0 Å². The molecule has 0 bridgehead atoms. The molecule has 18 heavy (non-hydrogen) atoms. The summed E-state index contributed by atoms with van der Waals surface area (Å²) in [4.78, 5) is 23.6. The van der Waals surface area contributed by atoms with Gasteiger partial charge in [0.15, 0.2) is 5.78 Å². The lowest BCUT2D eigenvalue weighted by Crippen LogP contribution is -2.18. The Morgan fingerprint density at radius 2 is 2.17 bits per heavy atom. The van der Waals surface area contributed by atoms with Crippen molar-refractivity contribution >= 4 is 17.8 Å². The molecule has 1 fully saturated rings. The molecule has 3 nitrogen and oxygen atoms in total. The van der Waals surface area contributed by atoms with Crippen LogP contribution in [0.3, 0.4) is 0 Å². The monoisotopic (exact) mass is 242 g/mol. The highest BCUT2D eigenvalue weighted by atomic mass is 16.5. The fourth-order valence-corrected chi connectivity index (χ4v) is 2.42. The van der Waals surface area contributed by atoms with Crippen LogP contribution in [0.1, 0.15) is 34.3 Å². The molecule has 1 spiro atoms. The van der Waals surface area contributed by atoms with Crippen molar-refractivity contribution in [1.29, 1.82) is 0 Å². The Kier molecular flexibility index (Phi) is 2.37. The average Bonchev–Trinajstić information content (AvgIpc) is 3.16. The third kappa shape index (κ3) is 1.67. The molecule has 0 atom stereocenters. The van der Waals surface area contributed by atoms with Crippen molar-refractivity contribution in [3.8, 4) is 0 Å². The molecule has 2 aliphatic rings. The summed E-state index contributed by atoms with van der Waals surface area (Å²) in [5.41, 5.74) is 2.30. The predicted octanol–water partition coefficient (Wildman–Crippen LogP) is 2.39. The molecule has 0 saturated heterocycles. The SMILES string of the molecule is COC(=O)Cc1ccc2c(c1)C(=O)C1(C=C2)CC1. The summed E-state index contributed by atoms with van der Waals surface area (Å²) >= 11 is 0. The summed E-state index contributed by atoms with van der Waals surface area (Å²) < 4.78 is 4.64. The Morgan fingerprint density at radius 3 is 2.83 bits per heavy atom. The molecule has 0 aromatic heterocycles. The van der Waals surface area contributed by atoms with E-state index >= 15 is 0 Å². The number of benzene rings is 1. The number of esters is 1. The van der Waals surface area contributed by atoms with E-state index in [0.717, 1.165) is 29.5 Å². The van der Waals surface area contributed by atoms with E-state index in [1.165, 1.54) is 7.11 Å².